The molecule has 156 valence electrons. The highest BCUT2D eigenvalue weighted by atomic mass is 35.5. The molecule has 0 N–H and O–H groups in total. The van der Waals surface area contributed by atoms with Gasteiger partial charge in [0.05, 0.1) is 20.6 Å². The molecule has 0 radical (unpaired) electrons. The van der Waals surface area contributed by atoms with E-state index < -0.39 is 0 Å². The maximum Gasteiger partial charge on any atom is 0.266 e. The van der Waals surface area contributed by atoms with Crippen LogP contribution in [0.3, 0.4) is 0 Å². The number of thioether (sulfide) groups is 1. The van der Waals surface area contributed by atoms with Crippen molar-refractivity contribution in [2.45, 2.75) is 13.3 Å². The van der Waals surface area contributed by atoms with E-state index >= 15 is 0 Å². The summed E-state index contributed by atoms with van der Waals surface area (Å²) in [6.07, 6.45) is 2.53. The van der Waals surface area contributed by atoms with Crippen LogP contribution in [0.2, 0.25) is 10.0 Å². The van der Waals surface area contributed by atoms with Gasteiger partial charge in [-0.25, -0.2) is 4.99 Å². The van der Waals surface area contributed by atoms with Crippen molar-refractivity contribution in [1.29, 1.82) is 0 Å². The van der Waals surface area contributed by atoms with Gasteiger partial charge in [-0.3, -0.25) is 9.69 Å². The van der Waals surface area contributed by atoms with Crippen LogP contribution in [0.5, 0.6) is 0 Å². The normalized spacial score (nSPS) is 16.5. The minimum absolute atomic E-state index is 0.0807. The lowest BCUT2D eigenvalue weighted by Crippen LogP contribution is -2.31. The Morgan fingerprint density at radius 1 is 0.968 bits per heavy atom. The zero-order chi connectivity index (χ0) is 21.8. The molecule has 1 heterocycles. The smallest absolute Gasteiger partial charge is 0.266 e. The first kappa shape index (κ1) is 21.7. The lowest BCUT2D eigenvalue weighted by Gasteiger charge is -2.15. The first-order valence-corrected chi connectivity index (χ1v) is 11.4. The van der Waals surface area contributed by atoms with E-state index in [9.17, 15) is 4.79 Å². The van der Waals surface area contributed by atoms with Crippen molar-refractivity contribution in [2.75, 3.05) is 6.54 Å². The van der Waals surface area contributed by atoms with Gasteiger partial charge in [-0.15, -0.1) is 0 Å². The van der Waals surface area contributed by atoms with Crippen molar-refractivity contribution in [2.24, 2.45) is 4.99 Å². The minimum atomic E-state index is -0.0807. The molecular weight excluding hydrogens is 447 g/mol. The molecule has 0 unspecified atom stereocenters. The van der Waals surface area contributed by atoms with Crippen LogP contribution < -0.4 is 0 Å². The molecule has 3 aromatic rings. The van der Waals surface area contributed by atoms with Crippen molar-refractivity contribution in [3.8, 4) is 0 Å². The molecule has 0 aromatic heterocycles. The Bertz CT molecular complexity index is 1160. The standard InChI is InChI=1S/C25H20Cl2N2OS/c1-17-10-12-20(13-11-17)28-25-29(15-14-18-6-3-2-4-7-18)24(30)22(31-25)16-19-8-5-9-21(26)23(19)27/h2-13,16H,14-15H2,1H3/b22-16+,28-25?. The van der Waals surface area contributed by atoms with E-state index in [1.54, 1.807) is 17.0 Å². The number of aryl methyl sites for hydroxylation is 1. The average molecular weight is 467 g/mol. The van der Waals surface area contributed by atoms with E-state index in [1.807, 2.05) is 61.5 Å². The number of hydrogen-bond donors (Lipinski definition) is 0. The zero-order valence-electron chi connectivity index (χ0n) is 16.9. The molecule has 0 saturated carbocycles. The summed E-state index contributed by atoms with van der Waals surface area (Å²) < 4.78 is 0. The number of carbonyl (C=O) groups is 1. The molecule has 0 bridgehead atoms. The van der Waals surface area contributed by atoms with Crippen molar-refractivity contribution in [3.05, 3.63) is 104 Å². The van der Waals surface area contributed by atoms with E-state index in [-0.39, 0.29) is 5.91 Å². The fourth-order valence-electron chi connectivity index (χ4n) is 3.18. The highest BCUT2D eigenvalue weighted by Crippen LogP contribution is 2.36. The minimum Gasteiger partial charge on any atom is -0.286 e. The van der Waals surface area contributed by atoms with Crippen molar-refractivity contribution in [3.63, 3.8) is 0 Å². The third-order valence-electron chi connectivity index (χ3n) is 4.88. The monoisotopic (exact) mass is 466 g/mol. The van der Waals surface area contributed by atoms with Crippen LogP contribution >= 0.6 is 35.0 Å². The van der Waals surface area contributed by atoms with E-state index in [4.69, 9.17) is 28.2 Å². The molecule has 1 aliphatic heterocycles. The lowest BCUT2D eigenvalue weighted by atomic mass is 10.1. The molecule has 4 rings (SSSR count). The van der Waals surface area contributed by atoms with Crippen LogP contribution in [0.15, 0.2) is 82.7 Å². The predicted molar refractivity (Wildman–Crippen MR) is 132 cm³/mol. The molecule has 1 saturated heterocycles. The van der Waals surface area contributed by atoms with E-state index in [0.29, 0.717) is 32.2 Å². The SMILES string of the molecule is Cc1ccc(N=C2S/C(=C/c3cccc(Cl)c3Cl)C(=O)N2CCc2ccccc2)cc1. The van der Waals surface area contributed by atoms with Gasteiger partial charge in [-0.1, -0.05) is 83.4 Å². The zero-order valence-corrected chi connectivity index (χ0v) is 19.2. The Labute approximate surface area is 196 Å². The van der Waals surface area contributed by atoms with Gasteiger partial charge in [-0.2, -0.15) is 0 Å². The topological polar surface area (TPSA) is 32.7 Å². The molecule has 3 aromatic carbocycles. The number of benzene rings is 3. The summed E-state index contributed by atoms with van der Waals surface area (Å²) in [5.41, 5.74) is 3.86. The Balaban J connectivity index is 1.66. The van der Waals surface area contributed by atoms with Gasteiger partial charge in [0.15, 0.2) is 5.17 Å². The molecule has 3 nitrogen and oxygen atoms in total. The summed E-state index contributed by atoms with van der Waals surface area (Å²) in [6, 6.07) is 23.4. The lowest BCUT2D eigenvalue weighted by molar-refractivity contribution is -0.122. The van der Waals surface area contributed by atoms with E-state index in [0.717, 1.165) is 17.7 Å². The van der Waals surface area contributed by atoms with Gasteiger partial charge in [0.2, 0.25) is 0 Å². The maximum atomic E-state index is 13.3. The van der Waals surface area contributed by atoms with Gasteiger partial charge >= 0.3 is 0 Å². The molecule has 0 aliphatic carbocycles. The average Bonchev–Trinajstić information content (AvgIpc) is 3.06. The highest BCUT2D eigenvalue weighted by Gasteiger charge is 2.33. The van der Waals surface area contributed by atoms with E-state index in [2.05, 4.69) is 12.1 Å². The fourth-order valence-corrected chi connectivity index (χ4v) is 4.55. The number of carbonyl (C=O) groups excluding carboxylic acids is 1. The van der Waals surface area contributed by atoms with E-state index in [1.165, 1.54) is 17.3 Å². The second-order valence-corrected chi connectivity index (χ2v) is 8.97. The molecule has 6 heteroatoms. The molecule has 1 amide bonds. The second-order valence-electron chi connectivity index (χ2n) is 7.18. The Hall–Kier alpha value is -2.53. The Kier molecular flexibility index (Phi) is 6.81. The van der Waals surface area contributed by atoms with Crippen LogP contribution in [0.25, 0.3) is 6.08 Å². The number of nitrogens with zero attached hydrogens (tertiary/aromatic N) is 2. The van der Waals surface area contributed by atoms with Crippen molar-refractivity contribution < 1.29 is 4.79 Å². The molecule has 0 spiro atoms. The highest BCUT2D eigenvalue weighted by molar-refractivity contribution is 8.18. The van der Waals surface area contributed by atoms with Crippen LogP contribution in [0.1, 0.15) is 16.7 Å². The molecule has 1 aliphatic rings. The summed E-state index contributed by atoms with van der Waals surface area (Å²) in [6.45, 7) is 2.58. The number of hydrogen-bond acceptors (Lipinski definition) is 3. The van der Waals surface area contributed by atoms with Gasteiger partial charge in [-0.05, 0) is 60.5 Å². The number of halogens is 2. The van der Waals surface area contributed by atoms with Crippen LogP contribution in [-0.2, 0) is 11.2 Å². The van der Waals surface area contributed by atoms with Gasteiger partial charge in [0, 0.05) is 6.54 Å². The third kappa shape index (κ3) is 5.21. The van der Waals surface area contributed by atoms with Gasteiger partial charge < -0.3 is 0 Å². The van der Waals surface area contributed by atoms with Crippen LogP contribution in [0, 0.1) is 6.92 Å². The fraction of sp³-hybridized carbons (Fsp3) is 0.120. The predicted octanol–water partition coefficient (Wildman–Crippen LogP) is 7.15. The molecule has 1 fully saturated rings. The third-order valence-corrected chi connectivity index (χ3v) is 6.72. The summed E-state index contributed by atoms with van der Waals surface area (Å²) in [4.78, 5) is 20.3. The Morgan fingerprint density at radius 2 is 1.71 bits per heavy atom. The summed E-state index contributed by atoms with van der Waals surface area (Å²) in [7, 11) is 0. The van der Waals surface area contributed by atoms with Crippen molar-refractivity contribution in [1.82, 2.24) is 4.90 Å². The summed E-state index contributed by atoms with van der Waals surface area (Å²) in [5.74, 6) is -0.0807. The van der Waals surface area contributed by atoms with Gasteiger partial charge in [0.1, 0.15) is 0 Å². The molecular formula is C25H20Cl2N2OS. The number of aliphatic imine (C=N–C) groups is 1. The molecule has 0 atom stereocenters. The van der Waals surface area contributed by atoms with Crippen LogP contribution in [-0.4, -0.2) is 22.5 Å². The Morgan fingerprint density at radius 3 is 2.45 bits per heavy atom. The quantitative estimate of drug-likeness (QED) is 0.374. The number of amidine groups is 1. The first-order valence-electron chi connectivity index (χ1n) is 9.86. The first-order chi connectivity index (χ1) is 15.0. The molecule has 31 heavy (non-hydrogen) atoms. The number of rotatable bonds is 5. The summed E-state index contributed by atoms with van der Waals surface area (Å²) >= 11 is 13.8. The largest absolute Gasteiger partial charge is 0.286 e. The number of amides is 1. The van der Waals surface area contributed by atoms with Crippen LogP contribution in [0.4, 0.5) is 5.69 Å². The summed E-state index contributed by atoms with van der Waals surface area (Å²) in [5, 5.41) is 1.56. The van der Waals surface area contributed by atoms with Gasteiger partial charge in [0.25, 0.3) is 5.91 Å². The second kappa shape index (κ2) is 9.73. The maximum absolute atomic E-state index is 13.3. The van der Waals surface area contributed by atoms with Crippen molar-refractivity contribution >= 4 is 57.8 Å².